The van der Waals surface area contributed by atoms with Crippen molar-refractivity contribution in [1.82, 2.24) is 10.2 Å². The summed E-state index contributed by atoms with van der Waals surface area (Å²) in [6.45, 7) is 10.7. The van der Waals surface area contributed by atoms with Crippen LogP contribution in [0.5, 0.6) is 0 Å². The highest BCUT2D eigenvalue weighted by Gasteiger charge is 2.46. The van der Waals surface area contributed by atoms with Crippen molar-refractivity contribution in [2.45, 2.75) is 45.8 Å². The first-order valence-corrected chi connectivity index (χ1v) is 9.52. The lowest BCUT2D eigenvalue weighted by Gasteiger charge is -2.53. The molecule has 23 heavy (non-hydrogen) atoms. The number of rotatable bonds is 5. The van der Waals surface area contributed by atoms with Gasteiger partial charge in [0.1, 0.15) is 0 Å². The van der Waals surface area contributed by atoms with Crippen molar-refractivity contribution in [3.63, 3.8) is 0 Å². The first-order valence-electron chi connectivity index (χ1n) is 8.64. The second kappa shape index (κ2) is 6.91. The number of nitrogens with one attached hydrogen (secondary N) is 1. The minimum Gasteiger partial charge on any atom is -0.372 e. The summed E-state index contributed by atoms with van der Waals surface area (Å²) in [6.07, 6.45) is 2.28. The number of likely N-dealkylation sites (tertiary alicyclic amines) is 1. The van der Waals surface area contributed by atoms with Gasteiger partial charge >= 0.3 is 0 Å². The van der Waals surface area contributed by atoms with E-state index in [1.165, 1.54) is 10.4 Å². The third-order valence-corrected chi connectivity index (χ3v) is 6.09. The van der Waals surface area contributed by atoms with Crippen LogP contribution < -0.4 is 5.32 Å². The SMILES string of the molecule is Cc1ccsc1CN1CC2(CC[C@H](CNC(=O)C(C)C)CO2)C1. The normalized spacial score (nSPS) is 23.9. The number of nitrogens with zero attached hydrogens (tertiary/aromatic N) is 1. The average Bonchev–Trinajstić information content (AvgIpc) is 2.89. The van der Waals surface area contributed by atoms with Gasteiger partial charge in [-0.1, -0.05) is 13.8 Å². The van der Waals surface area contributed by atoms with E-state index in [9.17, 15) is 4.79 Å². The predicted molar refractivity (Wildman–Crippen MR) is 93.6 cm³/mol. The molecule has 1 aromatic heterocycles. The van der Waals surface area contributed by atoms with E-state index in [4.69, 9.17) is 4.74 Å². The lowest BCUT2D eigenvalue weighted by atomic mass is 9.83. The van der Waals surface area contributed by atoms with Crippen LogP contribution in [0.15, 0.2) is 11.4 Å². The minimum absolute atomic E-state index is 0.0618. The van der Waals surface area contributed by atoms with Crippen LogP contribution in [-0.2, 0) is 16.1 Å². The van der Waals surface area contributed by atoms with Crippen molar-refractivity contribution < 1.29 is 9.53 Å². The molecule has 0 saturated carbocycles. The third-order valence-electron chi connectivity index (χ3n) is 5.08. The van der Waals surface area contributed by atoms with Gasteiger partial charge in [0.25, 0.3) is 0 Å². The van der Waals surface area contributed by atoms with E-state index < -0.39 is 0 Å². The highest BCUT2D eigenvalue weighted by molar-refractivity contribution is 7.10. The molecule has 1 N–H and O–H groups in total. The molecule has 128 valence electrons. The first kappa shape index (κ1) is 16.9. The van der Waals surface area contributed by atoms with E-state index in [0.29, 0.717) is 5.92 Å². The largest absolute Gasteiger partial charge is 0.372 e. The highest BCUT2D eigenvalue weighted by atomic mass is 32.1. The zero-order valence-corrected chi connectivity index (χ0v) is 15.2. The number of hydrogen-bond acceptors (Lipinski definition) is 4. The van der Waals surface area contributed by atoms with Crippen molar-refractivity contribution >= 4 is 17.2 Å². The smallest absolute Gasteiger partial charge is 0.222 e. The summed E-state index contributed by atoms with van der Waals surface area (Å²) in [5.74, 6) is 0.676. The van der Waals surface area contributed by atoms with Gasteiger partial charge < -0.3 is 10.1 Å². The number of carbonyl (C=O) groups is 1. The van der Waals surface area contributed by atoms with Crippen molar-refractivity contribution in [1.29, 1.82) is 0 Å². The van der Waals surface area contributed by atoms with Gasteiger partial charge in [-0.15, -0.1) is 11.3 Å². The van der Waals surface area contributed by atoms with Gasteiger partial charge in [0.05, 0.1) is 12.2 Å². The van der Waals surface area contributed by atoms with Crippen molar-refractivity contribution in [2.24, 2.45) is 11.8 Å². The molecule has 2 fully saturated rings. The maximum Gasteiger partial charge on any atom is 0.222 e. The molecule has 2 aliphatic rings. The molecule has 1 atom stereocenters. The summed E-state index contributed by atoms with van der Waals surface area (Å²) in [7, 11) is 0. The molecule has 1 spiro atoms. The zero-order valence-electron chi connectivity index (χ0n) is 14.4. The third kappa shape index (κ3) is 3.95. The van der Waals surface area contributed by atoms with E-state index >= 15 is 0 Å². The van der Waals surface area contributed by atoms with E-state index in [1.807, 2.05) is 25.2 Å². The lowest BCUT2D eigenvalue weighted by molar-refractivity contribution is -0.181. The Morgan fingerprint density at radius 3 is 2.87 bits per heavy atom. The predicted octanol–water partition coefficient (Wildman–Crippen LogP) is 2.81. The summed E-state index contributed by atoms with van der Waals surface area (Å²) in [4.78, 5) is 15.6. The summed E-state index contributed by atoms with van der Waals surface area (Å²) < 4.78 is 6.20. The fraction of sp³-hybridized carbons (Fsp3) is 0.722. The lowest BCUT2D eigenvalue weighted by Crippen LogP contribution is -2.64. The Morgan fingerprint density at radius 2 is 2.30 bits per heavy atom. The van der Waals surface area contributed by atoms with Gasteiger partial charge in [0.15, 0.2) is 0 Å². The molecule has 1 amide bonds. The van der Waals surface area contributed by atoms with Crippen molar-refractivity contribution in [2.75, 3.05) is 26.2 Å². The second-order valence-electron chi connectivity index (χ2n) is 7.47. The molecule has 3 heterocycles. The first-order chi connectivity index (χ1) is 11.0. The maximum absolute atomic E-state index is 11.6. The Kier molecular flexibility index (Phi) is 5.09. The highest BCUT2D eigenvalue weighted by Crippen LogP contribution is 2.37. The maximum atomic E-state index is 11.6. The van der Waals surface area contributed by atoms with Crippen LogP contribution in [0, 0.1) is 18.8 Å². The van der Waals surface area contributed by atoms with Crippen molar-refractivity contribution in [3.05, 3.63) is 21.9 Å². The number of amides is 1. The molecule has 0 unspecified atom stereocenters. The topological polar surface area (TPSA) is 41.6 Å². The van der Waals surface area contributed by atoms with E-state index in [2.05, 4.69) is 28.6 Å². The number of thiophene rings is 1. The summed E-state index contributed by atoms with van der Waals surface area (Å²) in [6, 6.07) is 2.20. The van der Waals surface area contributed by atoms with Crippen LogP contribution in [0.1, 0.15) is 37.1 Å². The Balaban J connectivity index is 1.39. The zero-order chi connectivity index (χ0) is 16.4. The molecular weight excluding hydrogens is 308 g/mol. The van der Waals surface area contributed by atoms with Gasteiger partial charge in [-0.05, 0) is 42.7 Å². The van der Waals surface area contributed by atoms with Crippen LogP contribution in [0.25, 0.3) is 0 Å². The molecule has 0 aromatic carbocycles. The minimum atomic E-state index is 0.0618. The number of aryl methyl sites for hydroxylation is 1. The molecule has 3 rings (SSSR count). The molecular formula is C18H28N2O2S. The summed E-state index contributed by atoms with van der Waals surface area (Å²) >= 11 is 1.85. The molecule has 0 bridgehead atoms. The summed E-state index contributed by atoms with van der Waals surface area (Å²) in [5, 5.41) is 5.21. The number of carbonyl (C=O) groups excluding carboxylic acids is 1. The number of ether oxygens (including phenoxy) is 1. The standard InChI is InChI=1S/C18H28N2O2S/c1-13(2)17(21)19-8-15-4-6-18(22-10-15)11-20(12-18)9-16-14(3)5-7-23-16/h5,7,13,15H,4,6,8-12H2,1-3H3,(H,19,21)/t15-/m1/s1. The molecule has 5 heteroatoms. The fourth-order valence-electron chi connectivity index (χ4n) is 3.43. The molecule has 0 aliphatic carbocycles. The number of hydrogen-bond donors (Lipinski definition) is 1. The van der Waals surface area contributed by atoms with Gasteiger partial charge in [0.2, 0.25) is 5.91 Å². The molecule has 1 aromatic rings. The molecule has 4 nitrogen and oxygen atoms in total. The van der Waals surface area contributed by atoms with Gasteiger partial charge in [-0.3, -0.25) is 9.69 Å². The Bertz CT molecular complexity index is 539. The second-order valence-corrected chi connectivity index (χ2v) is 8.47. The average molecular weight is 337 g/mol. The van der Waals surface area contributed by atoms with Crippen LogP contribution in [0.3, 0.4) is 0 Å². The van der Waals surface area contributed by atoms with Gasteiger partial charge in [0, 0.05) is 37.0 Å². The van der Waals surface area contributed by atoms with Crippen LogP contribution >= 0.6 is 11.3 Å². The van der Waals surface area contributed by atoms with Crippen LogP contribution in [-0.4, -0.2) is 42.6 Å². The molecule has 0 radical (unpaired) electrons. The quantitative estimate of drug-likeness (QED) is 0.899. The van der Waals surface area contributed by atoms with E-state index in [-0.39, 0.29) is 17.4 Å². The van der Waals surface area contributed by atoms with E-state index in [0.717, 1.165) is 45.6 Å². The van der Waals surface area contributed by atoms with Crippen LogP contribution in [0.4, 0.5) is 0 Å². The fourth-order valence-corrected chi connectivity index (χ4v) is 4.37. The van der Waals surface area contributed by atoms with Crippen LogP contribution in [0.2, 0.25) is 0 Å². The summed E-state index contributed by atoms with van der Waals surface area (Å²) in [5.41, 5.74) is 1.49. The van der Waals surface area contributed by atoms with Gasteiger partial charge in [-0.2, -0.15) is 0 Å². The molecule has 2 aliphatic heterocycles. The molecule has 2 saturated heterocycles. The monoisotopic (exact) mass is 336 g/mol. The van der Waals surface area contributed by atoms with E-state index in [1.54, 1.807) is 0 Å². The van der Waals surface area contributed by atoms with Gasteiger partial charge in [-0.25, -0.2) is 0 Å². The Morgan fingerprint density at radius 1 is 1.52 bits per heavy atom. The Hall–Kier alpha value is -0.910. The van der Waals surface area contributed by atoms with Crippen molar-refractivity contribution in [3.8, 4) is 0 Å². The Labute approximate surface area is 143 Å².